The van der Waals surface area contributed by atoms with E-state index in [0.29, 0.717) is 5.55 Å². The summed E-state index contributed by atoms with van der Waals surface area (Å²) in [6, 6.07) is 17.8. The standard InChI is InChI=1S/C19H13BrN4OS2/c20-13-7-5-11(6-8-13)15-10-27-18(22-15)14-9-12-3-1-2-4-16(12)25-17(14)23-24-19(21)26/h1-10H,(H3,21,24,26)/b23-17+. The Balaban J connectivity index is 1.85. The maximum atomic E-state index is 5.94. The van der Waals surface area contributed by atoms with Crippen molar-refractivity contribution in [3.63, 3.8) is 0 Å². The first kappa shape index (κ1) is 17.8. The minimum absolute atomic E-state index is 0.0685. The molecule has 4 rings (SSSR count). The number of halogens is 1. The quantitative estimate of drug-likeness (QED) is 0.347. The Kier molecular flexibility index (Phi) is 5.02. The van der Waals surface area contributed by atoms with E-state index < -0.39 is 0 Å². The Morgan fingerprint density at radius 2 is 1.96 bits per heavy atom. The summed E-state index contributed by atoms with van der Waals surface area (Å²) in [6.45, 7) is 0. The van der Waals surface area contributed by atoms with Crippen molar-refractivity contribution in [1.82, 2.24) is 10.4 Å². The predicted molar refractivity (Wildman–Crippen MR) is 116 cm³/mol. The molecule has 134 valence electrons. The lowest BCUT2D eigenvalue weighted by atomic mass is 10.1. The van der Waals surface area contributed by atoms with Gasteiger partial charge in [0.15, 0.2) is 5.11 Å². The summed E-state index contributed by atoms with van der Waals surface area (Å²) in [5, 5.41) is 8.04. The molecule has 0 aliphatic rings. The molecule has 0 saturated carbocycles. The van der Waals surface area contributed by atoms with Gasteiger partial charge in [-0.2, -0.15) is 0 Å². The number of thiocarbonyl (C=S) groups is 1. The molecule has 0 atom stereocenters. The number of aromatic nitrogens is 1. The zero-order valence-electron chi connectivity index (χ0n) is 13.8. The van der Waals surface area contributed by atoms with E-state index in [1.54, 1.807) is 0 Å². The summed E-state index contributed by atoms with van der Waals surface area (Å²) in [7, 11) is 0. The zero-order valence-corrected chi connectivity index (χ0v) is 17.1. The van der Waals surface area contributed by atoms with Gasteiger partial charge in [-0.25, -0.2) is 4.98 Å². The maximum absolute atomic E-state index is 5.94. The second-order valence-electron chi connectivity index (χ2n) is 5.64. The molecule has 0 amide bonds. The highest BCUT2D eigenvalue weighted by atomic mass is 79.9. The molecule has 0 radical (unpaired) electrons. The van der Waals surface area contributed by atoms with Gasteiger partial charge in [-0.3, -0.25) is 5.43 Å². The van der Waals surface area contributed by atoms with Crippen molar-refractivity contribution in [3.8, 4) is 21.8 Å². The van der Waals surface area contributed by atoms with Gasteiger partial charge in [0.2, 0.25) is 5.55 Å². The average molecular weight is 457 g/mol. The molecule has 2 heterocycles. The fourth-order valence-electron chi connectivity index (χ4n) is 2.56. The van der Waals surface area contributed by atoms with Crippen LogP contribution in [-0.2, 0) is 0 Å². The first-order valence-electron chi connectivity index (χ1n) is 7.94. The topological polar surface area (TPSA) is 76.4 Å². The number of hydrogen-bond donors (Lipinski definition) is 2. The van der Waals surface area contributed by atoms with Crippen molar-refractivity contribution in [2.75, 3.05) is 0 Å². The van der Waals surface area contributed by atoms with E-state index in [1.165, 1.54) is 11.3 Å². The van der Waals surface area contributed by atoms with Crippen LogP contribution in [-0.4, -0.2) is 10.1 Å². The van der Waals surface area contributed by atoms with E-state index in [4.69, 9.17) is 27.4 Å². The van der Waals surface area contributed by atoms with E-state index in [2.05, 4.69) is 26.5 Å². The Hall–Kier alpha value is -2.55. The lowest BCUT2D eigenvalue weighted by Gasteiger charge is -2.03. The van der Waals surface area contributed by atoms with Gasteiger partial charge in [0, 0.05) is 20.8 Å². The van der Waals surface area contributed by atoms with Gasteiger partial charge in [0.25, 0.3) is 0 Å². The number of nitrogens with zero attached hydrogens (tertiary/aromatic N) is 2. The van der Waals surface area contributed by atoms with Crippen LogP contribution in [0.15, 0.2) is 74.0 Å². The van der Waals surface area contributed by atoms with Gasteiger partial charge in [0.1, 0.15) is 10.6 Å². The smallest absolute Gasteiger partial charge is 0.246 e. The number of fused-ring (bicyclic) bond motifs is 1. The summed E-state index contributed by atoms with van der Waals surface area (Å²) in [4.78, 5) is 4.77. The van der Waals surface area contributed by atoms with E-state index in [-0.39, 0.29) is 5.11 Å². The zero-order chi connectivity index (χ0) is 18.8. The Labute approximate surface area is 172 Å². The van der Waals surface area contributed by atoms with Crippen LogP contribution in [0.5, 0.6) is 0 Å². The third-order valence-electron chi connectivity index (χ3n) is 3.80. The molecule has 0 unspecified atom stereocenters. The van der Waals surface area contributed by atoms with E-state index in [1.807, 2.05) is 60.0 Å². The van der Waals surface area contributed by atoms with Crippen LogP contribution in [0.2, 0.25) is 0 Å². The van der Waals surface area contributed by atoms with Gasteiger partial charge in [-0.15, -0.1) is 16.4 Å². The van der Waals surface area contributed by atoms with E-state index in [0.717, 1.165) is 37.3 Å². The number of benzene rings is 2. The van der Waals surface area contributed by atoms with Crippen molar-refractivity contribution in [2.24, 2.45) is 10.8 Å². The summed E-state index contributed by atoms with van der Waals surface area (Å²) < 4.78 is 6.97. The molecule has 0 aliphatic carbocycles. The lowest BCUT2D eigenvalue weighted by molar-refractivity contribution is 0.533. The molecule has 3 N–H and O–H groups in total. The minimum atomic E-state index is 0.0685. The molecule has 0 saturated heterocycles. The molecule has 0 fully saturated rings. The predicted octanol–water partition coefficient (Wildman–Crippen LogP) is 4.63. The monoisotopic (exact) mass is 456 g/mol. The fourth-order valence-corrected chi connectivity index (χ4v) is 3.71. The third-order valence-corrected chi connectivity index (χ3v) is 5.29. The third kappa shape index (κ3) is 3.92. The van der Waals surface area contributed by atoms with Gasteiger partial charge in [-0.05, 0) is 36.5 Å². The molecular formula is C19H13BrN4OS2. The van der Waals surface area contributed by atoms with Gasteiger partial charge >= 0.3 is 0 Å². The van der Waals surface area contributed by atoms with E-state index >= 15 is 0 Å². The first-order valence-corrected chi connectivity index (χ1v) is 10.0. The van der Waals surface area contributed by atoms with E-state index in [9.17, 15) is 0 Å². The van der Waals surface area contributed by atoms with Crippen LogP contribution in [0.1, 0.15) is 0 Å². The highest BCUT2D eigenvalue weighted by Crippen LogP contribution is 2.29. The Morgan fingerprint density at radius 3 is 2.74 bits per heavy atom. The van der Waals surface area contributed by atoms with Crippen molar-refractivity contribution in [1.29, 1.82) is 0 Å². The SMILES string of the molecule is NC(=S)N/N=c1/oc2ccccc2cc1-c1nc(-c2ccc(Br)cc2)cs1. The molecule has 5 nitrogen and oxygen atoms in total. The van der Waals surface area contributed by atoms with Gasteiger partial charge in [-0.1, -0.05) is 46.3 Å². The van der Waals surface area contributed by atoms with Crippen LogP contribution >= 0.6 is 39.5 Å². The molecule has 8 heteroatoms. The van der Waals surface area contributed by atoms with Gasteiger partial charge in [0.05, 0.1) is 11.3 Å². The molecule has 2 aromatic heterocycles. The number of rotatable bonds is 3. The number of para-hydroxylation sites is 1. The summed E-state index contributed by atoms with van der Waals surface area (Å²) >= 11 is 9.82. The molecule has 4 aromatic rings. The van der Waals surface area contributed by atoms with Crippen LogP contribution in [0.4, 0.5) is 0 Å². The Bertz CT molecular complexity index is 1200. The van der Waals surface area contributed by atoms with Crippen LogP contribution in [0, 0.1) is 0 Å². The van der Waals surface area contributed by atoms with Gasteiger partial charge < -0.3 is 10.2 Å². The average Bonchev–Trinajstić information content (AvgIpc) is 3.16. The van der Waals surface area contributed by atoms with Crippen molar-refractivity contribution in [2.45, 2.75) is 0 Å². The fraction of sp³-hybridized carbons (Fsp3) is 0. The number of thiazole rings is 1. The second-order valence-corrected chi connectivity index (χ2v) is 7.85. The highest BCUT2D eigenvalue weighted by molar-refractivity contribution is 9.10. The first-order chi connectivity index (χ1) is 13.1. The van der Waals surface area contributed by atoms with Crippen LogP contribution < -0.4 is 16.7 Å². The summed E-state index contributed by atoms with van der Waals surface area (Å²) in [5.41, 5.74) is 11.9. The molecule has 0 spiro atoms. The largest absolute Gasteiger partial charge is 0.436 e. The van der Waals surface area contributed by atoms with Crippen LogP contribution in [0.25, 0.3) is 32.8 Å². The maximum Gasteiger partial charge on any atom is 0.246 e. The minimum Gasteiger partial charge on any atom is -0.436 e. The number of nitrogens with one attached hydrogen (secondary N) is 1. The molecule has 0 bridgehead atoms. The lowest BCUT2D eigenvalue weighted by Crippen LogP contribution is -2.27. The molecule has 0 aliphatic heterocycles. The number of hydrogen-bond acceptors (Lipinski definition) is 5. The van der Waals surface area contributed by atoms with Crippen molar-refractivity contribution in [3.05, 3.63) is 70.0 Å². The van der Waals surface area contributed by atoms with Crippen molar-refractivity contribution < 1.29 is 4.42 Å². The van der Waals surface area contributed by atoms with Crippen LogP contribution in [0.3, 0.4) is 0 Å². The highest BCUT2D eigenvalue weighted by Gasteiger charge is 2.12. The molecule has 27 heavy (non-hydrogen) atoms. The second kappa shape index (κ2) is 7.59. The summed E-state index contributed by atoms with van der Waals surface area (Å²) in [5.74, 6) is 0. The van der Waals surface area contributed by atoms with Crippen molar-refractivity contribution >= 4 is 55.6 Å². The Morgan fingerprint density at radius 1 is 1.19 bits per heavy atom. The molecule has 2 aromatic carbocycles. The summed E-state index contributed by atoms with van der Waals surface area (Å²) in [6.07, 6.45) is 0. The molecular weight excluding hydrogens is 444 g/mol. The normalized spacial score (nSPS) is 11.7. The number of nitrogens with two attached hydrogens (primary N) is 1.